The zero-order valence-electron chi connectivity index (χ0n) is 14.8. The first kappa shape index (κ1) is 16.8. The number of aromatic amines is 1. The molecule has 27 heavy (non-hydrogen) atoms. The van der Waals surface area contributed by atoms with Gasteiger partial charge >= 0.3 is 5.76 Å². The number of oxazole rings is 2. The number of hydrogen-bond acceptors (Lipinski definition) is 5. The summed E-state index contributed by atoms with van der Waals surface area (Å²) in [4.78, 5) is 30.6. The third-order valence-electron chi connectivity index (χ3n) is 4.22. The number of fused-ring (bicyclic) bond motifs is 1. The summed E-state index contributed by atoms with van der Waals surface area (Å²) in [5.41, 5.74) is 4.12. The van der Waals surface area contributed by atoms with Crippen LogP contribution in [-0.4, -0.2) is 15.9 Å². The van der Waals surface area contributed by atoms with Crippen molar-refractivity contribution in [2.24, 2.45) is 0 Å². The maximum atomic E-state index is 12.4. The summed E-state index contributed by atoms with van der Waals surface area (Å²) in [6.07, 6.45) is 0.0845. The van der Waals surface area contributed by atoms with Crippen molar-refractivity contribution in [3.05, 3.63) is 70.0 Å². The van der Waals surface area contributed by atoms with Gasteiger partial charge in [-0.25, -0.2) is 9.78 Å². The van der Waals surface area contributed by atoms with Crippen LogP contribution in [0.5, 0.6) is 0 Å². The summed E-state index contributed by atoms with van der Waals surface area (Å²) >= 11 is 0. The van der Waals surface area contributed by atoms with Gasteiger partial charge in [-0.3, -0.25) is 9.78 Å². The highest BCUT2D eigenvalue weighted by Crippen LogP contribution is 2.23. The first-order valence-electron chi connectivity index (χ1n) is 8.44. The molecule has 0 spiro atoms. The number of nitrogens with one attached hydrogen (secondary N) is 2. The van der Waals surface area contributed by atoms with E-state index in [2.05, 4.69) is 15.3 Å². The van der Waals surface area contributed by atoms with Crippen molar-refractivity contribution in [1.82, 2.24) is 9.97 Å². The summed E-state index contributed by atoms with van der Waals surface area (Å²) in [6, 6.07) is 12.8. The highest BCUT2D eigenvalue weighted by molar-refractivity contribution is 5.94. The summed E-state index contributed by atoms with van der Waals surface area (Å²) in [5.74, 6) is 0.338. The van der Waals surface area contributed by atoms with Crippen molar-refractivity contribution in [3.8, 4) is 11.5 Å². The molecule has 0 aliphatic heterocycles. The Morgan fingerprint density at radius 3 is 2.67 bits per heavy atom. The van der Waals surface area contributed by atoms with Crippen molar-refractivity contribution >= 4 is 22.7 Å². The lowest BCUT2D eigenvalue weighted by molar-refractivity contribution is -0.115. The van der Waals surface area contributed by atoms with Crippen LogP contribution in [0.2, 0.25) is 0 Å². The van der Waals surface area contributed by atoms with E-state index < -0.39 is 5.76 Å². The summed E-state index contributed by atoms with van der Waals surface area (Å²) in [5, 5.41) is 2.79. The quantitative estimate of drug-likeness (QED) is 0.577. The van der Waals surface area contributed by atoms with Crippen molar-refractivity contribution < 1.29 is 13.6 Å². The number of hydrogen-bond donors (Lipinski definition) is 2. The summed E-state index contributed by atoms with van der Waals surface area (Å²) in [6.45, 7) is 3.80. The van der Waals surface area contributed by atoms with E-state index in [0.717, 1.165) is 11.1 Å². The second-order valence-corrected chi connectivity index (χ2v) is 6.34. The number of aromatic nitrogens is 2. The lowest BCUT2D eigenvalue weighted by Gasteiger charge is -2.03. The van der Waals surface area contributed by atoms with Crippen LogP contribution in [0.1, 0.15) is 17.0 Å². The fourth-order valence-electron chi connectivity index (χ4n) is 2.80. The first-order valence-corrected chi connectivity index (χ1v) is 8.44. The molecule has 0 aliphatic carbocycles. The van der Waals surface area contributed by atoms with Crippen LogP contribution in [0.25, 0.3) is 22.6 Å². The first-order chi connectivity index (χ1) is 13.0. The van der Waals surface area contributed by atoms with Gasteiger partial charge in [0.15, 0.2) is 5.58 Å². The van der Waals surface area contributed by atoms with E-state index in [0.29, 0.717) is 34.1 Å². The lowest BCUT2D eigenvalue weighted by Crippen LogP contribution is -2.15. The minimum atomic E-state index is -0.532. The molecular weight excluding hydrogens is 346 g/mol. The zero-order chi connectivity index (χ0) is 19.0. The maximum absolute atomic E-state index is 12.4. The monoisotopic (exact) mass is 363 g/mol. The highest BCUT2D eigenvalue weighted by atomic mass is 16.4. The standard InChI is InChI=1S/C20H17N3O4/c1-11-3-5-13(6-4-11)19-22-15(12(2)26-19)10-18(24)21-14-7-8-17-16(9-14)23-20(25)27-17/h3-9H,10H2,1-2H3,(H,21,24)(H,23,25). The Morgan fingerprint density at radius 2 is 1.89 bits per heavy atom. The van der Waals surface area contributed by atoms with Gasteiger partial charge in [0.25, 0.3) is 0 Å². The average molecular weight is 363 g/mol. The number of benzene rings is 2. The lowest BCUT2D eigenvalue weighted by atomic mass is 10.1. The molecule has 2 aromatic heterocycles. The van der Waals surface area contributed by atoms with Gasteiger partial charge in [0.2, 0.25) is 11.8 Å². The Balaban J connectivity index is 1.50. The van der Waals surface area contributed by atoms with Crippen molar-refractivity contribution in [2.45, 2.75) is 20.3 Å². The highest BCUT2D eigenvalue weighted by Gasteiger charge is 2.15. The molecule has 0 bridgehead atoms. The van der Waals surface area contributed by atoms with Gasteiger partial charge in [-0.2, -0.15) is 0 Å². The third-order valence-corrected chi connectivity index (χ3v) is 4.22. The fourth-order valence-corrected chi connectivity index (χ4v) is 2.80. The minimum Gasteiger partial charge on any atom is -0.441 e. The van der Waals surface area contributed by atoms with Crippen LogP contribution in [0.15, 0.2) is 56.1 Å². The van der Waals surface area contributed by atoms with Crippen LogP contribution < -0.4 is 11.1 Å². The maximum Gasteiger partial charge on any atom is 0.417 e. The number of H-pyrrole nitrogens is 1. The van der Waals surface area contributed by atoms with Gasteiger partial charge in [-0.1, -0.05) is 17.7 Å². The molecule has 7 heteroatoms. The second kappa shape index (κ2) is 6.60. The molecule has 2 aromatic carbocycles. The van der Waals surface area contributed by atoms with Gasteiger partial charge < -0.3 is 14.2 Å². The molecule has 2 heterocycles. The molecule has 2 N–H and O–H groups in total. The summed E-state index contributed by atoms with van der Waals surface area (Å²) < 4.78 is 10.7. The topological polar surface area (TPSA) is 101 Å². The van der Waals surface area contributed by atoms with Gasteiger partial charge in [-0.05, 0) is 44.2 Å². The molecule has 0 aliphatic rings. The van der Waals surface area contributed by atoms with E-state index in [4.69, 9.17) is 8.83 Å². The second-order valence-electron chi connectivity index (χ2n) is 6.34. The van der Waals surface area contributed by atoms with Crippen LogP contribution in [0.4, 0.5) is 5.69 Å². The summed E-state index contributed by atoms with van der Waals surface area (Å²) in [7, 11) is 0. The number of carbonyl (C=O) groups is 1. The Labute approximate surface area is 154 Å². The van der Waals surface area contributed by atoms with E-state index >= 15 is 0 Å². The molecule has 4 aromatic rings. The van der Waals surface area contributed by atoms with Crippen LogP contribution in [0.3, 0.4) is 0 Å². The zero-order valence-corrected chi connectivity index (χ0v) is 14.8. The average Bonchev–Trinajstić information content (AvgIpc) is 3.17. The molecule has 0 atom stereocenters. The van der Waals surface area contributed by atoms with E-state index in [9.17, 15) is 9.59 Å². The number of aryl methyl sites for hydroxylation is 2. The predicted molar refractivity (Wildman–Crippen MR) is 101 cm³/mol. The van der Waals surface area contributed by atoms with Crippen molar-refractivity contribution in [2.75, 3.05) is 5.32 Å². The Kier molecular flexibility index (Phi) is 4.12. The third kappa shape index (κ3) is 3.52. The molecule has 7 nitrogen and oxygen atoms in total. The normalized spacial score (nSPS) is 11.0. The van der Waals surface area contributed by atoms with Gasteiger partial charge in [0.05, 0.1) is 17.6 Å². The largest absolute Gasteiger partial charge is 0.441 e. The molecule has 0 fully saturated rings. The van der Waals surface area contributed by atoms with E-state index in [-0.39, 0.29) is 12.3 Å². The van der Waals surface area contributed by atoms with Gasteiger partial charge in [0.1, 0.15) is 5.76 Å². The van der Waals surface area contributed by atoms with E-state index in [1.807, 2.05) is 31.2 Å². The molecular formula is C20H17N3O4. The van der Waals surface area contributed by atoms with Crippen LogP contribution >= 0.6 is 0 Å². The van der Waals surface area contributed by atoms with Crippen molar-refractivity contribution in [3.63, 3.8) is 0 Å². The molecule has 0 radical (unpaired) electrons. The Bertz CT molecular complexity index is 1180. The number of carbonyl (C=O) groups excluding carboxylic acids is 1. The Hall–Kier alpha value is -3.61. The fraction of sp³-hybridized carbons (Fsp3) is 0.150. The minimum absolute atomic E-state index is 0.0845. The molecule has 0 unspecified atom stereocenters. The van der Waals surface area contributed by atoms with Gasteiger partial charge in [0, 0.05) is 11.3 Å². The van der Waals surface area contributed by atoms with E-state index in [1.54, 1.807) is 25.1 Å². The van der Waals surface area contributed by atoms with Gasteiger partial charge in [-0.15, -0.1) is 0 Å². The van der Waals surface area contributed by atoms with Crippen LogP contribution in [-0.2, 0) is 11.2 Å². The smallest absolute Gasteiger partial charge is 0.417 e. The predicted octanol–water partition coefficient (Wildman–Crippen LogP) is 3.57. The number of amides is 1. The Morgan fingerprint density at radius 1 is 1.11 bits per heavy atom. The number of rotatable bonds is 4. The SMILES string of the molecule is Cc1ccc(-c2nc(CC(=O)Nc3ccc4oc(=O)[nH]c4c3)c(C)o2)cc1. The molecule has 136 valence electrons. The van der Waals surface area contributed by atoms with Crippen LogP contribution in [0, 0.1) is 13.8 Å². The molecule has 4 rings (SSSR count). The molecule has 1 amide bonds. The molecule has 0 saturated heterocycles. The number of anilines is 1. The molecule has 0 saturated carbocycles. The number of nitrogens with zero attached hydrogens (tertiary/aromatic N) is 1. The van der Waals surface area contributed by atoms with Crippen molar-refractivity contribution in [1.29, 1.82) is 0 Å². The van der Waals surface area contributed by atoms with E-state index in [1.165, 1.54) is 0 Å².